The second-order valence-electron chi connectivity index (χ2n) is 4.98. The van der Waals surface area contributed by atoms with Crippen molar-refractivity contribution in [3.8, 4) is 0 Å². The van der Waals surface area contributed by atoms with Crippen molar-refractivity contribution in [2.75, 3.05) is 0 Å². The third-order valence-electron chi connectivity index (χ3n) is 2.77. The van der Waals surface area contributed by atoms with Crippen LogP contribution in [0.3, 0.4) is 0 Å². The van der Waals surface area contributed by atoms with E-state index in [2.05, 4.69) is 31.8 Å². The van der Waals surface area contributed by atoms with Crippen molar-refractivity contribution in [3.63, 3.8) is 0 Å². The quantitative estimate of drug-likeness (QED) is 0.471. The van der Waals surface area contributed by atoms with E-state index in [0.717, 1.165) is 11.8 Å². The first-order valence-corrected chi connectivity index (χ1v) is 8.33. The van der Waals surface area contributed by atoms with Gasteiger partial charge in [-0.25, -0.2) is 0 Å². The fourth-order valence-corrected chi connectivity index (χ4v) is 3.48. The summed E-state index contributed by atoms with van der Waals surface area (Å²) in [5.74, 6) is 1.50. The van der Waals surface area contributed by atoms with Gasteiger partial charge in [0.1, 0.15) is 0 Å². The molecule has 0 aliphatic heterocycles. The van der Waals surface area contributed by atoms with Crippen LogP contribution in [0.4, 0.5) is 0 Å². The monoisotopic (exact) mass is 182 g/mol. The molecule has 0 aromatic carbocycles. The molecule has 2 heteroatoms. The lowest BCUT2D eigenvalue weighted by molar-refractivity contribution is 0.156. The Bertz CT molecular complexity index is 190. The maximum Gasteiger partial charge on any atom is 0.184 e. The van der Waals surface area contributed by atoms with Crippen molar-refractivity contribution in [1.82, 2.24) is 0 Å². The summed E-state index contributed by atoms with van der Waals surface area (Å²) in [5.41, 5.74) is 0. The lowest BCUT2D eigenvalue weighted by Gasteiger charge is -2.26. The van der Waals surface area contributed by atoms with Gasteiger partial charge in [-0.1, -0.05) is 12.2 Å². The average Bonchev–Trinajstić information content (AvgIpc) is 2.46. The first-order valence-electron chi connectivity index (χ1n) is 4.92. The van der Waals surface area contributed by atoms with Crippen LogP contribution in [-0.2, 0) is 4.43 Å². The molecule has 0 heterocycles. The summed E-state index contributed by atoms with van der Waals surface area (Å²) in [4.78, 5) is 0. The molecule has 12 heavy (non-hydrogen) atoms. The summed E-state index contributed by atoms with van der Waals surface area (Å²) in [6, 6.07) is 0. The van der Waals surface area contributed by atoms with E-state index in [1.54, 1.807) is 0 Å². The molecule has 2 aliphatic carbocycles. The van der Waals surface area contributed by atoms with E-state index in [1.165, 1.54) is 12.8 Å². The van der Waals surface area contributed by atoms with E-state index in [0.29, 0.717) is 6.10 Å². The van der Waals surface area contributed by atoms with Crippen LogP contribution in [0.2, 0.25) is 19.6 Å². The van der Waals surface area contributed by atoms with Gasteiger partial charge in [0.15, 0.2) is 8.32 Å². The Balaban J connectivity index is 2.00. The van der Waals surface area contributed by atoms with Crippen LogP contribution < -0.4 is 0 Å². The first-order chi connectivity index (χ1) is 5.56. The van der Waals surface area contributed by atoms with Crippen LogP contribution in [0.5, 0.6) is 0 Å². The van der Waals surface area contributed by atoms with Crippen LogP contribution in [0, 0.1) is 11.8 Å². The Labute approximate surface area is 75.9 Å². The second-order valence-corrected chi connectivity index (χ2v) is 9.45. The second kappa shape index (κ2) is 2.71. The molecular weight excluding hydrogens is 164 g/mol. The first kappa shape index (κ1) is 8.51. The summed E-state index contributed by atoms with van der Waals surface area (Å²) < 4.78 is 6.16. The Hall–Kier alpha value is -0.0831. The van der Waals surface area contributed by atoms with Crippen molar-refractivity contribution < 1.29 is 4.43 Å². The lowest BCUT2D eigenvalue weighted by atomic mass is 10.1. The Kier molecular flexibility index (Phi) is 1.92. The van der Waals surface area contributed by atoms with Gasteiger partial charge in [0.05, 0.1) is 6.10 Å². The number of fused-ring (bicyclic) bond motifs is 2. The molecule has 68 valence electrons. The summed E-state index contributed by atoms with van der Waals surface area (Å²) in [5, 5.41) is 0. The van der Waals surface area contributed by atoms with E-state index in [9.17, 15) is 0 Å². The molecule has 0 N–H and O–H groups in total. The van der Waals surface area contributed by atoms with Crippen LogP contribution in [0.15, 0.2) is 12.2 Å². The van der Waals surface area contributed by atoms with Gasteiger partial charge in [0, 0.05) is 11.8 Å². The Morgan fingerprint density at radius 3 is 1.92 bits per heavy atom. The van der Waals surface area contributed by atoms with Crippen LogP contribution in [0.1, 0.15) is 12.8 Å². The predicted octanol–water partition coefficient (Wildman–Crippen LogP) is 2.80. The zero-order valence-corrected chi connectivity index (χ0v) is 9.21. The predicted molar refractivity (Wildman–Crippen MR) is 53.6 cm³/mol. The summed E-state index contributed by atoms with van der Waals surface area (Å²) in [6.07, 6.45) is 7.99. The van der Waals surface area contributed by atoms with Crippen molar-refractivity contribution in [1.29, 1.82) is 0 Å². The molecule has 0 aromatic rings. The summed E-state index contributed by atoms with van der Waals surface area (Å²) in [6.45, 7) is 6.85. The van der Waals surface area contributed by atoms with Gasteiger partial charge in [-0.3, -0.25) is 0 Å². The minimum Gasteiger partial charge on any atom is -0.414 e. The molecular formula is C10H18OSi. The van der Waals surface area contributed by atoms with E-state index >= 15 is 0 Å². The molecule has 0 amide bonds. The largest absolute Gasteiger partial charge is 0.414 e. The Morgan fingerprint density at radius 2 is 1.58 bits per heavy atom. The molecule has 2 unspecified atom stereocenters. The maximum absolute atomic E-state index is 6.16. The fourth-order valence-electron chi connectivity index (χ4n) is 2.31. The van der Waals surface area contributed by atoms with Crippen LogP contribution in [0.25, 0.3) is 0 Å². The molecule has 0 radical (unpaired) electrons. The standard InChI is InChI=1S/C10H18OSi/c1-12(2,3)11-10-8-4-5-9(10)7-6-8/h4-5,8-10H,6-7H2,1-3H3. The minimum absolute atomic E-state index is 0.552. The van der Waals surface area contributed by atoms with Crippen molar-refractivity contribution in [2.45, 2.75) is 38.6 Å². The van der Waals surface area contributed by atoms with Crippen LogP contribution >= 0.6 is 0 Å². The molecule has 0 spiro atoms. The van der Waals surface area contributed by atoms with Gasteiger partial charge in [-0.15, -0.1) is 0 Å². The molecule has 0 saturated heterocycles. The topological polar surface area (TPSA) is 9.23 Å². The highest BCUT2D eigenvalue weighted by atomic mass is 28.4. The molecule has 2 bridgehead atoms. The molecule has 2 atom stereocenters. The highest BCUT2D eigenvalue weighted by Crippen LogP contribution is 2.42. The normalized spacial score (nSPS) is 39.4. The number of hydrogen-bond donors (Lipinski definition) is 0. The molecule has 1 saturated carbocycles. The van der Waals surface area contributed by atoms with Crippen LogP contribution in [-0.4, -0.2) is 14.4 Å². The minimum atomic E-state index is -1.31. The number of rotatable bonds is 2. The lowest BCUT2D eigenvalue weighted by Crippen LogP contribution is -2.34. The smallest absolute Gasteiger partial charge is 0.184 e. The van der Waals surface area contributed by atoms with Gasteiger partial charge in [-0.2, -0.15) is 0 Å². The number of hydrogen-bond acceptors (Lipinski definition) is 1. The van der Waals surface area contributed by atoms with Crippen molar-refractivity contribution >= 4 is 8.32 Å². The third kappa shape index (κ3) is 1.50. The molecule has 2 rings (SSSR count). The summed E-state index contributed by atoms with van der Waals surface area (Å²) >= 11 is 0. The van der Waals surface area contributed by atoms with E-state index in [1.807, 2.05) is 0 Å². The molecule has 1 fully saturated rings. The highest BCUT2D eigenvalue weighted by Gasteiger charge is 2.40. The van der Waals surface area contributed by atoms with Gasteiger partial charge in [0.2, 0.25) is 0 Å². The zero-order chi connectivity index (χ0) is 8.77. The van der Waals surface area contributed by atoms with E-state index in [-0.39, 0.29) is 0 Å². The summed E-state index contributed by atoms with van der Waals surface area (Å²) in [7, 11) is -1.31. The SMILES string of the molecule is C[Si](C)(C)OC1C2C=CC1CC2. The van der Waals surface area contributed by atoms with Crippen molar-refractivity contribution in [2.24, 2.45) is 11.8 Å². The third-order valence-corrected chi connectivity index (χ3v) is 3.75. The average molecular weight is 182 g/mol. The Morgan fingerprint density at radius 1 is 1.08 bits per heavy atom. The molecule has 2 aliphatic rings. The van der Waals surface area contributed by atoms with Gasteiger partial charge < -0.3 is 4.43 Å². The van der Waals surface area contributed by atoms with Crippen molar-refractivity contribution in [3.05, 3.63) is 12.2 Å². The zero-order valence-electron chi connectivity index (χ0n) is 8.21. The highest BCUT2D eigenvalue weighted by molar-refractivity contribution is 6.69. The van der Waals surface area contributed by atoms with E-state index < -0.39 is 8.32 Å². The van der Waals surface area contributed by atoms with Gasteiger partial charge in [0.25, 0.3) is 0 Å². The maximum atomic E-state index is 6.16. The molecule has 0 aromatic heterocycles. The van der Waals surface area contributed by atoms with Gasteiger partial charge >= 0.3 is 0 Å². The van der Waals surface area contributed by atoms with E-state index in [4.69, 9.17) is 4.43 Å². The fraction of sp³-hybridized carbons (Fsp3) is 0.800. The van der Waals surface area contributed by atoms with Gasteiger partial charge in [-0.05, 0) is 32.5 Å². The molecule has 1 nitrogen and oxygen atoms in total.